The summed E-state index contributed by atoms with van der Waals surface area (Å²) in [5.74, 6) is 1.87. The fourth-order valence-electron chi connectivity index (χ4n) is 3.58. The highest BCUT2D eigenvalue weighted by atomic mass is 127. The molecule has 158 valence electrons. The van der Waals surface area contributed by atoms with Crippen molar-refractivity contribution in [3.05, 3.63) is 29.8 Å². The summed E-state index contributed by atoms with van der Waals surface area (Å²) in [5.41, 5.74) is 6.61. The van der Waals surface area contributed by atoms with Crippen LogP contribution in [0.5, 0.6) is 5.75 Å². The molecule has 1 atom stereocenters. The second-order valence-corrected chi connectivity index (χ2v) is 8.19. The van der Waals surface area contributed by atoms with E-state index in [4.69, 9.17) is 10.5 Å². The first-order valence-corrected chi connectivity index (χ1v) is 9.77. The molecular formula is C21H35IN4O2. The molecule has 1 aromatic carbocycles. The lowest BCUT2D eigenvalue weighted by Crippen LogP contribution is -2.48. The summed E-state index contributed by atoms with van der Waals surface area (Å²) < 4.78 is 6.02. The Kier molecular flexibility index (Phi) is 10.1. The lowest BCUT2D eigenvalue weighted by molar-refractivity contribution is -0.119. The van der Waals surface area contributed by atoms with Crippen molar-refractivity contribution >= 4 is 35.8 Å². The molecule has 0 aromatic heterocycles. The summed E-state index contributed by atoms with van der Waals surface area (Å²) >= 11 is 0. The Morgan fingerprint density at radius 3 is 2.71 bits per heavy atom. The van der Waals surface area contributed by atoms with E-state index in [9.17, 15) is 4.79 Å². The SMILES string of the molecule is CN=C(NCCOc1ccccc1C(C)(C)C)N1CCCC(CC(N)=O)C1.I. The number of aliphatic imine (C=N–C) groups is 1. The molecule has 0 bridgehead atoms. The predicted molar refractivity (Wildman–Crippen MR) is 126 cm³/mol. The third kappa shape index (κ3) is 7.48. The van der Waals surface area contributed by atoms with Crippen LogP contribution in [0.15, 0.2) is 29.3 Å². The number of halogens is 1. The fourth-order valence-corrected chi connectivity index (χ4v) is 3.58. The number of para-hydroxylation sites is 1. The second kappa shape index (κ2) is 11.5. The van der Waals surface area contributed by atoms with Crippen LogP contribution < -0.4 is 15.8 Å². The highest BCUT2D eigenvalue weighted by Crippen LogP contribution is 2.30. The Morgan fingerprint density at radius 1 is 1.36 bits per heavy atom. The van der Waals surface area contributed by atoms with Crippen LogP contribution in [0, 0.1) is 5.92 Å². The van der Waals surface area contributed by atoms with E-state index in [1.165, 1.54) is 5.56 Å². The van der Waals surface area contributed by atoms with E-state index < -0.39 is 0 Å². The van der Waals surface area contributed by atoms with Gasteiger partial charge in [-0.1, -0.05) is 39.0 Å². The van der Waals surface area contributed by atoms with E-state index in [0.29, 0.717) is 25.5 Å². The molecule has 0 saturated carbocycles. The van der Waals surface area contributed by atoms with E-state index >= 15 is 0 Å². The molecule has 1 heterocycles. The lowest BCUT2D eigenvalue weighted by atomic mass is 9.86. The van der Waals surface area contributed by atoms with Crippen molar-refractivity contribution in [1.29, 1.82) is 0 Å². The number of amides is 1. The Bertz CT molecular complexity index is 658. The minimum absolute atomic E-state index is 0. The Balaban J connectivity index is 0.00000392. The predicted octanol–water partition coefficient (Wildman–Crippen LogP) is 3.14. The maximum absolute atomic E-state index is 11.2. The minimum atomic E-state index is -0.226. The molecule has 2 rings (SSSR count). The van der Waals surface area contributed by atoms with Gasteiger partial charge in [-0.05, 0) is 35.8 Å². The number of rotatable bonds is 6. The summed E-state index contributed by atoms with van der Waals surface area (Å²) in [5, 5.41) is 3.38. The van der Waals surface area contributed by atoms with Gasteiger partial charge in [-0.15, -0.1) is 24.0 Å². The topological polar surface area (TPSA) is 80.0 Å². The Labute approximate surface area is 186 Å². The molecule has 1 aliphatic heterocycles. The van der Waals surface area contributed by atoms with Crippen LogP contribution in [-0.2, 0) is 10.2 Å². The number of guanidine groups is 1. The number of ether oxygens (including phenoxy) is 1. The number of primary amides is 1. The summed E-state index contributed by atoms with van der Waals surface area (Å²) in [4.78, 5) is 17.8. The van der Waals surface area contributed by atoms with Crippen LogP contribution in [0.2, 0.25) is 0 Å². The van der Waals surface area contributed by atoms with Crippen LogP contribution in [0.1, 0.15) is 45.6 Å². The molecule has 1 aromatic rings. The average molecular weight is 502 g/mol. The molecule has 0 radical (unpaired) electrons. The van der Waals surface area contributed by atoms with Gasteiger partial charge in [0.2, 0.25) is 5.91 Å². The van der Waals surface area contributed by atoms with Crippen LogP contribution in [0.3, 0.4) is 0 Å². The number of nitrogens with zero attached hydrogens (tertiary/aromatic N) is 2. The zero-order chi connectivity index (χ0) is 19.9. The Morgan fingerprint density at radius 2 is 2.07 bits per heavy atom. The van der Waals surface area contributed by atoms with E-state index in [2.05, 4.69) is 42.0 Å². The van der Waals surface area contributed by atoms with Crippen molar-refractivity contribution in [1.82, 2.24) is 10.2 Å². The highest BCUT2D eigenvalue weighted by molar-refractivity contribution is 14.0. The molecule has 7 heteroatoms. The molecule has 1 amide bonds. The number of hydrogen-bond donors (Lipinski definition) is 2. The zero-order valence-electron chi connectivity index (χ0n) is 17.5. The van der Waals surface area contributed by atoms with Crippen molar-refractivity contribution in [3.8, 4) is 5.75 Å². The molecule has 3 N–H and O–H groups in total. The maximum atomic E-state index is 11.2. The number of piperidine rings is 1. The number of hydrogen-bond acceptors (Lipinski definition) is 3. The third-order valence-electron chi connectivity index (χ3n) is 4.86. The van der Waals surface area contributed by atoms with Gasteiger partial charge in [0.15, 0.2) is 5.96 Å². The molecule has 1 fully saturated rings. The standard InChI is InChI=1S/C21H34N4O2.HI/c1-21(2,3)17-9-5-6-10-18(17)27-13-11-24-20(23-4)25-12-7-8-16(15-25)14-19(22)26;/h5-6,9-10,16H,7-8,11-15H2,1-4H3,(H2,22,26)(H,23,24);1H. The van der Waals surface area contributed by atoms with E-state index in [1.807, 2.05) is 18.2 Å². The van der Waals surface area contributed by atoms with Gasteiger partial charge in [0.05, 0.1) is 6.54 Å². The van der Waals surface area contributed by atoms with E-state index in [1.54, 1.807) is 7.05 Å². The maximum Gasteiger partial charge on any atom is 0.217 e. The zero-order valence-corrected chi connectivity index (χ0v) is 19.9. The summed E-state index contributed by atoms with van der Waals surface area (Å²) in [6.45, 7) is 9.56. The monoisotopic (exact) mass is 502 g/mol. The van der Waals surface area contributed by atoms with Crippen molar-refractivity contribution in [2.75, 3.05) is 33.3 Å². The molecule has 0 spiro atoms. The molecule has 1 unspecified atom stereocenters. The lowest BCUT2D eigenvalue weighted by Gasteiger charge is -2.34. The molecule has 1 saturated heterocycles. The molecule has 6 nitrogen and oxygen atoms in total. The van der Waals surface area contributed by atoms with Crippen molar-refractivity contribution in [3.63, 3.8) is 0 Å². The molecular weight excluding hydrogens is 467 g/mol. The van der Waals surface area contributed by atoms with Gasteiger partial charge in [-0.2, -0.15) is 0 Å². The first-order chi connectivity index (χ1) is 12.8. The van der Waals surface area contributed by atoms with Gasteiger partial charge in [0.25, 0.3) is 0 Å². The van der Waals surface area contributed by atoms with Crippen LogP contribution in [-0.4, -0.2) is 50.1 Å². The number of nitrogens with two attached hydrogens (primary N) is 1. The quantitative estimate of drug-likeness (QED) is 0.271. The van der Waals surface area contributed by atoms with Crippen LogP contribution in [0.25, 0.3) is 0 Å². The molecule has 1 aliphatic rings. The normalized spacial score (nSPS) is 17.6. The van der Waals surface area contributed by atoms with Crippen molar-refractivity contribution in [2.24, 2.45) is 16.6 Å². The smallest absolute Gasteiger partial charge is 0.217 e. The van der Waals surface area contributed by atoms with Gasteiger partial charge in [0, 0.05) is 26.6 Å². The number of carbonyl (C=O) groups excluding carboxylic acids is 1. The first-order valence-electron chi connectivity index (χ1n) is 9.77. The number of likely N-dealkylation sites (tertiary alicyclic amines) is 1. The number of nitrogens with one attached hydrogen (secondary N) is 1. The number of carbonyl (C=O) groups is 1. The Hall–Kier alpha value is -1.51. The first kappa shape index (κ1) is 24.5. The third-order valence-corrected chi connectivity index (χ3v) is 4.86. The van der Waals surface area contributed by atoms with Gasteiger partial charge in [-0.25, -0.2) is 0 Å². The van der Waals surface area contributed by atoms with E-state index in [0.717, 1.165) is 37.6 Å². The van der Waals surface area contributed by atoms with Crippen molar-refractivity contribution in [2.45, 2.75) is 45.4 Å². The molecule has 0 aliphatic carbocycles. The van der Waals surface area contributed by atoms with Gasteiger partial charge in [-0.3, -0.25) is 9.79 Å². The van der Waals surface area contributed by atoms with Crippen LogP contribution >= 0.6 is 24.0 Å². The van der Waals surface area contributed by atoms with E-state index in [-0.39, 0.29) is 35.3 Å². The summed E-state index contributed by atoms with van der Waals surface area (Å²) in [6, 6.07) is 8.19. The second-order valence-electron chi connectivity index (χ2n) is 8.19. The average Bonchev–Trinajstić information content (AvgIpc) is 2.61. The minimum Gasteiger partial charge on any atom is -0.491 e. The highest BCUT2D eigenvalue weighted by Gasteiger charge is 2.23. The molecule has 28 heavy (non-hydrogen) atoms. The fraction of sp³-hybridized carbons (Fsp3) is 0.619. The summed E-state index contributed by atoms with van der Waals surface area (Å²) in [7, 11) is 1.79. The summed E-state index contributed by atoms with van der Waals surface area (Å²) in [6.07, 6.45) is 2.54. The van der Waals surface area contributed by atoms with Crippen LogP contribution in [0.4, 0.5) is 0 Å². The van der Waals surface area contributed by atoms with Gasteiger partial charge < -0.3 is 20.7 Å². The largest absolute Gasteiger partial charge is 0.491 e. The van der Waals surface area contributed by atoms with Gasteiger partial charge >= 0.3 is 0 Å². The van der Waals surface area contributed by atoms with Crippen molar-refractivity contribution < 1.29 is 9.53 Å². The van der Waals surface area contributed by atoms with Gasteiger partial charge in [0.1, 0.15) is 12.4 Å². The number of benzene rings is 1.